The van der Waals surface area contributed by atoms with E-state index in [1.807, 2.05) is 36.7 Å². The summed E-state index contributed by atoms with van der Waals surface area (Å²) in [5.41, 5.74) is 3.25. The Hall–Kier alpha value is -2.20. The van der Waals surface area contributed by atoms with Crippen LogP contribution in [-0.4, -0.2) is 20.9 Å². The van der Waals surface area contributed by atoms with Gasteiger partial charge in [0, 0.05) is 30.7 Å². The predicted molar refractivity (Wildman–Crippen MR) is 75.8 cm³/mol. The summed E-state index contributed by atoms with van der Waals surface area (Å²) in [4.78, 5) is 8.93. The number of aromatic nitrogens is 3. The molecular formula is C15H16N4. The van der Waals surface area contributed by atoms with E-state index in [-0.39, 0.29) is 0 Å². The Morgan fingerprint density at radius 1 is 1.21 bits per heavy atom. The van der Waals surface area contributed by atoms with Crippen molar-refractivity contribution < 1.29 is 0 Å². The quantitative estimate of drug-likeness (QED) is 0.775. The first-order chi connectivity index (χ1) is 9.40. The molecule has 0 radical (unpaired) electrons. The second-order valence-corrected chi connectivity index (χ2v) is 4.36. The summed E-state index contributed by atoms with van der Waals surface area (Å²) in [6.07, 6.45) is 5.66. The van der Waals surface area contributed by atoms with E-state index in [0.29, 0.717) is 0 Å². The van der Waals surface area contributed by atoms with Gasteiger partial charge >= 0.3 is 0 Å². The van der Waals surface area contributed by atoms with E-state index < -0.39 is 0 Å². The maximum absolute atomic E-state index is 4.76. The molecule has 3 aromatic heterocycles. The fraction of sp³-hybridized carbons (Fsp3) is 0.200. The summed E-state index contributed by atoms with van der Waals surface area (Å²) in [6, 6.07) is 10.1. The van der Waals surface area contributed by atoms with Gasteiger partial charge < -0.3 is 5.32 Å². The fourth-order valence-electron chi connectivity index (χ4n) is 2.17. The van der Waals surface area contributed by atoms with E-state index in [1.165, 1.54) is 0 Å². The van der Waals surface area contributed by atoms with Crippen LogP contribution in [0, 0.1) is 0 Å². The third kappa shape index (κ3) is 2.22. The Morgan fingerprint density at radius 3 is 2.95 bits per heavy atom. The zero-order valence-corrected chi connectivity index (χ0v) is 10.9. The van der Waals surface area contributed by atoms with E-state index in [4.69, 9.17) is 4.98 Å². The van der Waals surface area contributed by atoms with Crippen LogP contribution in [0.2, 0.25) is 0 Å². The third-order valence-corrected chi connectivity index (χ3v) is 3.09. The summed E-state index contributed by atoms with van der Waals surface area (Å²) in [7, 11) is 0. The Bertz CT molecular complexity index is 673. The largest absolute Gasteiger partial charge is 0.311 e. The monoisotopic (exact) mass is 252 g/mol. The molecule has 1 N–H and O–H groups in total. The number of imidazole rings is 1. The molecule has 0 amide bonds. The molecule has 0 aliphatic heterocycles. The van der Waals surface area contributed by atoms with Gasteiger partial charge in [-0.05, 0) is 30.8 Å². The number of hydrogen-bond donors (Lipinski definition) is 1. The van der Waals surface area contributed by atoms with Crippen LogP contribution >= 0.6 is 0 Å². The van der Waals surface area contributed by atoms with Gasteiger partial charge in [-0.3, -0.25) is 9.38 Å². The second kappa shape index (κ2) is 5.20. The molecule has 4 nitrogen and oxygen atoms in total. The molecule has 3 rings (SSSR count). The molecule has 4 heteroatoms. The minimum Gasteiger partial charge on any atom is -0.311 e. The standard InChI is InChI=1S/C15H16N4/c1-2-16-11-13-14-7-3-4-9-19(14)15(18-13)12-6-5-8-17-10-12/h3-10,16H,2,11H2,1H3. The van der Waals surface area contributed by atoms with Gasteiger partial charge in [0.15, 0.2) is 0 Å². The molecule has 0 aliphatic carbocycles. The van der Waals surface area contributed by atoms with Gasteiger partial charge in [-0.2, -0.15) is 0 Å². The highest BCUT2D eigenvalue weighted by Gasteiger charge is 2.11. The van der Waals surface area contributed by atoms with Crippen LogP contribution in [0.1, 0.15) is 12.6 Å². The van der Waals surface area contributed by atoms with Crippen molar-refractivity contribution in [2.75, 3.05) is 6.54 Å². The SMILES string of the molecule is CCNCc1nc(-c2cccnc2)n2ccccc12. The van der Waals surface area contributed by atoms with Crippen molar-refractivity contribution in [1.29, 1.82) is 0 Å². The highest BCUT2D eigenvalue weighted by Crippen LogP contribution is 2.21. The van der Waals surface area contributed by atoms with E-state index in [0.717, 1.165) is 35.7 Å². The maximum Gasteiger partial charge on any atom is 0.146 e. The van der Waals surface area contributed by atoms with Gasteiger partial charge in [-0.25, -0.2) is 4.98 Å². The molecule has 3 heterocycles. The lowest BCUT2D eigenvalue weighted by molar-refractivity contribution is 0.718. The number of rotatable bonds is 4. The van der Waals surface area contributed by atoms with Crippen LogP contribution in [-0.2, 0) is 6.54 Å². The lowest BCUT2D eigenvalue weighted by Gasteiger charge is -1.99. The molecule has 96 valence electrons. The average Bonchev–Trinajstić information content (AvgIpc) is 2.85. The van der Waals surface area contributed by atoms with Gasteiger partial charge in [0.05, 0.1) is 11.2 Å². The van der Waals surface area contributed by atoms with Crippen molar-refractivity contribution in [3.63, 3.8) is 0 Å². The molecular weight excluding hydrogens is 236 g/mol. The van der Waals surface area contributed by atoms with Crippen LogP contribution in [0.3, 0.4) is 0 Å². The molecule has 0 saturated heterocycles. The van der Waals surface area contributed by atoms with Crippen molar-refractivity contribution in [2.45, 2.75) is 13.5 Å². The van der Waals surface area contributed by atoms with Gasteiger partial charge in [0.1, 0.15) is 5.82 Å². The van der Waals surface area contributed by atoms with Crippen LogP contribution in [0.25, 0.3) is 16.9 Å². The summed E-state index contributed by atoms with van der Waals surface area (Å²) < 4.78 is 2.11. The molecule has 0 fully saturated rings. The van der Waals surface area contributed by atoms with Crippen molar-refractivity contribution in [1.82, 2.24) is 19.7 Å². The first-order valence-corrected chi connectivity index (χ1v) is 6.47. The Morgan fingerprint density at radius 2 is 2.16 bits per heavy atom. The van der Waals surface area contributed by atoms with Crippen LogP contribution in [0.4, 0.5) is 0 Å². The average molecular weight is 252 g/mol. The smallest absolute Gasteiger partial charge is 0.146 e. The molecule has 0 bridgehead atoms. The highest BCUT2D eigenvalue weighted by atomic mass is 15.0. The number of pyridine rings is 2. The highest BCUT2D eigenvalue weighted by molar-refractivity contribution is 5.64. The summed E-state index contributed by atoms with van der Waals surface area (Å²) >= 11 is 0. The van der Waals surface area contributed by atoms with Crippen molar-refractivity contribution in [3.8, 4) is 11.4 Å². The van der Waals surface area contributed by atoms with E-state index in [2.05, 4.69) is 27.7 Å². The second-order valence-electron chi connectivity index (χ2n) is 4.36. The Labute approximate surface area is 112 Å². The minimum atomic E-state index is 0.782. The summed E-state index contributed by atoms with van der Waals surface area (Å²) in [5.74, 6) is 0.941. The number of fused-ring (bicyclic) bond motifs is 1. The van der Waals surface area contributed by atoms with Gasteiger partial charge in [0.2, 0.25) is 0 Å². The lowest BCUT2D eigenvalue weighted by atomic mass is 10.3. The minimum absolute atomic E-state index is 0.782. The Balaban J connectivity index is 2.15. The molecule has 3 aromatic rings. The topological polar surface area (TPSA) is 42.2 Å². The van der Waals surface area contributed by atoms with E-state index in [9.17, 15) is 0 Å². The zero-order valence-electron chi connectivity index (χ0n) is 10.9. The van der Waals surface area contributed by atoms with Crippen LogP contribution in [0.15, 0.2) is 48.9 Å². The van der Waals surface area contributed by atoms with Gasteiger partial charge in [-0.1, -0.05) is 13.0 Å². The molecule has 0 saturated carbocycles. The van der Waals surface area contributed by atoms with E-state index >= 15 is 0 Å². The fourth-order valence-corrected chi connectivity index (χ4v) is 2.17. The van der Waals surface area contributed by atoms with E-state index in [1.54, 1.807) is 6.20 Å². The number of nitrogens with one attached hydrogen (secondary N) is 1. The molecule has 19 heavy (non-hydrogen) atoms. The first-order valence-electron chi connectivity index (χ1n) is 6.47. The Kier molecular flexibility index (Phi) is 3.25. The van der Waals surface area contributed by atoms with Crippen LogP contribution in [0.5, 0.6) is 0 Å². The normalized spacial score (nSPS) is 11.0. The summed E-state index contributed by atoms with van der Waals surface area (Å²) in [6.45, 7) is 3.82. The zero-order chi connectivity index (χ0) is 13.1. The van der Waals surface area contributed by atoms with Gasteiger partial charge in [-0.15, -0.1) is 0 Å². The molecule has 0 unspecified atom stereocenters. The molecule has 0 spiro atoms. The van der Waals surface area contributed by atoms with Crippen molar-refractivity contribution in [3.05, 3.63) is 54.6 Å². The van der Waals surface area contributed by atoms with Gasteiger partial charge in [0.25, 0.3) is 0 Å². The predicted octanol–water partition coefficient (Wildman–Crippen LogP) is 2.51. The lowest BCUT2D eigenvalue weighted by Crippen LogP contribution is -2.12. The van der Waals surface area contributed by atoms with Crippen molar-refractivity contribution >= 4 is 5.52 Å². The first kappa shape index (κ1) is 11.9. The molecule has 0 atom stereocenters. The summed E-state index contributed by atoms with van der Waals surface area (Å²) in [5, 5.41) is 3.33. The molecule has 0 aliphatic rings. The number of nitrogens with zero attached hydrogens (tertiary/aromatic N) is 3. The van der Waals surface area contributed by atoms with Crippen molar-refractivity contribution in [2.24, 2.45) is 0 Å². The maximum atomic E-state index is 4.76. The third-order valence-electron chi connectivity index (χ3n) is 3.09. The molecule has 0 aromatic carbocycles. The number of hydrogen-bond acceptors (Lipinski definition) is 3. The van der Waals surface area contributed by atoms with Crippen LogP contribution < -0.4 is 5.32 Å².